The summed E-state index contributed by atoms with van der Waals surface area (Å²) < 4.78 is 0. The van der Waals surface area contributed by atoms with Gasteiger partial charge < -0.3 is 15.1 Å². The van der Waals surface area contributed by atoms with Crippen molar-refractivity contribution in [1.29, 1.82) is 0 Å². The second-order valence-corrected chi connectivity index (χ2v) is 4.14. The predicted octanol–water partition coefficient (Wildman–Crippen LogP) is 2.12. The lowest BCUT2D eigenvalue weighted by molar-refractivity contribution is 0.0748. The van der Waals surface area contributed by atoms with Gasteiger partial charge in [-0.25, -0.2) is 0 Å². The van der Waals surface area contributed by atoms with E-state index in [0.29, 0.717) is 0 Å². The molecule has 0 amide bonds. The first-order chi connectivity index (χ1) is 8.42. The Morgan fingerprint density at radius 2 is 2.32 bits per heavy atom. The van der Waals surface area contributed by atoms with Crippen LogP contribution in [0, 0.1) is 0 Å². The highest BCUT2D eigenvalue weighted by Gasteiger charge is 2.14. The number of aromatic nitrogens is 2. The van der Waals surface area contributed by atoms with Crippen molar-refractivity contribution in [3.05, 3.63) is 30.2 Å². The monoisotopic (exact) mass is 302 g/mol. The number of oxime groups is 1. The third kappa shape index (κ3) is 3.83. The molecule has 0 radical (unpaired) electrons. The van der Waals surface area contributed by atoms with Gasteiger partial charge in [-0.3, -0.25) is 4.98 Å². The summed E-state index contributed by atoms with van der Waals surface area (Å²) in [6.45, 7) is 1.90. The normalized spacial score (nSPS) is 18.2. The molecule has 19 heavy (non-hydrogen) atoms. The van der Waals surface area contributed by atoms with Crippen molar-refractivity contribution < 1.29 is 4.84 Å². The molecule has 2 aromatic heterocycles. The number of halogens is 2. The number of nitrogens with one attached hydrogen (secondary N) is 2. The van der Waals surface area contributed by atoms with Crippen molar-refractivity contribution in [2.45, 2.75) is 12.5 Å². The number of pyridine rings is 1. The highest BCUT2D eigenvalue weighted by Crippen LogP contribution is 2.12. The molecule has 1 aliphatic heterocycles. The van der Waals surface area contributed by atoms with E-state index in [-0.39, 0.29) is 30.9 Å². The largest absolute Gasteiger partial charge is 0.391 e. The maximum atomic E-state index is 5.37. The number of nitrogens with zero attached hydrogens (tertiary/aromatic N) is 2. The maximum absolute atomic E-state index is 5.37. The van der Waals surface area contributed by atoms with Crippen molar-refractivity contribution in [3.63, 3.8) is 0 Å². The average molecular weight is 303 g/mol. The first-order valence-corrected chi connectivity index (χ1v) is 5.74. The molecule has 1 fully saturated rings. The van der Waals surface area contributed by atoms with Gasteiger partial charge in [0, 0.05) is 24.5 Å². The minimum absolute atomic E-state index is 0. The van der Waals surface area contributed by atoms with Crippen LogP contribution in [0.25, 0.3) is 10.9 Å². The Labute approximate surface area is 123 Å². The van der Waals surface area contributed by atoms with E-state index in [0.717, 1.165) is 36.1 Å². The number of hydrogen-bond donors (Lipinski definition) is 2. The molecule has 0 aliphatic carbocycles. The highest BCUT2D eigenvalue weighted by molar-refractivity contribution is 5.88. The molecule has 1 aliphatic rings. The Hall–Kier alpha value is -1.30. The van der Waals surface area contributed by atoms with Gasteiger partial charge in [0.2, 0.25) is 0 Å². The summed E-state index contributed by atoms with van der Waals surface area (Å²) in [7, 11) is 0. The molecule has 0 bridgehead atoms. The number of aromatic amines is 1. The topological polar surface area (TPSA) is 62.3 Å². The quantitative estimate of drug-likeness (QED) is 0.674. The highest BCUT2D eigenvalue weighted by atomic mass is 35.5. The van der Waals surface area contributed by atoms with E-state index in [2.05, 4.69) is 20.4 Å². The van der Waals surface area contributed by atoms with Crippen molar-refractivity contribution in [2.75, 3.05) is 13.1 Å². The average Bonchev–Trinajstić information content (AvgIpc) is 2.96. The summed E-state index contributed by atoms with van der Waals surface area (Å²) in [6.07, 6.45) is 6.51. The van der Waals surface area contributed by atoms with Crippen LogP contribution in [-0.2, 0) is 4.84 Å². The van der Waals surface area contributed by atoms with E-state index >= 15 is 0 Å². The number of H-pyrrole nitrogens is 1. The molecular weight excluding hydrogens is 287 g/mol. The van der Waals surface area contributed by atoms with Crippen LogP contribution in [0.15, 0.2) is 29.7 Å². The van der Waals surface area contributed by atoms with Gasteiger partial charge in [0.25, 0.3) is 0 Å². The molecule has 7 heteroatoms. The third-order valence-corrected chi connectivity index (χ3v) is 2.86. The van der Waals surface area contributed by atoms with Crippen LogP contribution in [0.2, 0.25) is 0 Å². The fraction of sp³-hybridized carbons (Fsp3) is 0.333. The summed E-state index contributed by atoms with van der Waals surface area (Å²) in [4.78, 5) is 12.6. The van der Waals surface area contributed by atoms with Gasteiger partial charge >= 0.3 is 0 Å². The molecule has 2 N–H and O–H groups in total. The summed E-state index contributed by atoms with van der Waals surface area (Å²) in [5.41, 5.74) is 1.94. The maximum Gasteiger partial charge on any atom is 0.141 e. The number of rotatable bonds is 3. The first kappa shape index (κ1) is 15.8. The Bertz CT molecular complexity index is 504. The second-order valence-electron chi connectivity index (χ2n) is 4.14. The summed E-state index contributed by atoms with van der Waals surface area (Å²) in [5, 5.41) is 8.36. The molecule has 1 unspecified atom stereocenters. The van der Waals surface area contributed by atoms with Gasteiger partial charge in [-0.1, -0.05) is 5.16 Å². The molecular formula is C12H16Cl2N4O. The fourth-order valence-electron chi connectivity index (χ4n) is 1.96. The van der Waals surface area contributed by atoms with Gasteiger partial charge in [0.05, 0.1) is 23.6 Å². The Kier molecular flexibility index (Phi) is 6.08. The van der Waals surface area contributed by atoms with Gasteiger partial charge in [-0.05, 0) is 18.7 Å². The van der Waals surface area contributed by atoms with E-state index in [9.17, 15) is 0 Å². The van der Waals surface area contributed by atoms with Crippen LogP contribution in [0.1, 0.15) is 12.1 Å². The molecule has 5 nitrogen and oxygen atoms in total. The lowest BCUT2D eigenvalue weighted by Gasteiger charge is -2.03. The van der Waals surface area contributed by atoms with Crippen molar-refractivity contribution >= 4 is 41.9 Å². The minimum atomic E-state index is 0. The van der Waals surface area contributed by atoms with Gasteiger partial charge in [-0.15, -0.1) is 24.8 Å². The van der Waals surface area contributed by atoms with Crippen LogP contribution < -0.4 is 5.32 Å². The number of fused-ring (bicyclic) bond motifs is 1. The molecule has 0 aromatic carbocycles. The Balaban J connectivity index is 0.000000902. The van der Waals surface area contributed by atoms with Gasteiger partial charge in [0.15, 0.2) is 0 Å². The lowest BCUT2D eigenvalue weighted by Crippen LogP contribution is -2.14. The van der Waals surface area contributed by atoms with Crippen LogP contribution in [-0.4, -0.2) is 35.4 Å². The zero-order valence-corrected chi connectivity index (χ0v) is 11.8. The Morgan fingerprint density at radius 3 is 3.05 bits per heavy atom. The van der Waals surface area contributed by atoms with Gasteiger partial charge in [-0.2, -0.15) is 0 Å². The minimum Gasteiger partial charge on any atom is -0.391 e. The Morgan fingerprint density at radius 1 is 1.42 bits per heavy atom. The van der Waals surface area contributed by atoms with Crippen LogP contribution in [0.5, 0.6) is 0 Å². The molecule has 3 heterocycles. The van der Waals surface area contributed by atoms with Gasteiger partial charge in [0.1, 0.15) is 6.10 Å². The van der Waals surface area contributed by atoms with Crippen LogP contribution in [0.3, 0.4) is 0 Å². The number of hydrogen-bond acceptors (Lipinski definition) is 4. The van der Waals surface area contributed by atoms with E-state index in [1.165, 1.54) is 0 Å². The summed E-state index contributed by atoms with van der Waals surface area (Å²) in [6, 6.07) is 3.99. The molecule has 3 rings (SSSR count). The molecule has 1 atom stereocenters. The molecule has 104 valence electrons. The molecule has 0 spiro atoms. The summed E-state index contributed by atoms with van der Waals surface area (Å²) >= 11 is 0. The zero-order chi connectivity index (χ0) is 11.5. The van der Waals surface area contributed by atoms with Crippen molar-refractivity contribution in [2.24, 2.45) is 5.16 Å². The smallest absolute Gasteiger partial charge is 0.141 e. The standard InChI is InChI=1S/C12H14N4O.2ClH/c1-3-14-8-12-9(1)5-10(16-12)6-15-17-11-2-4-13-7-11;;/h1,3,5-6,8,11,13,16H,2,4,7H2;2*1H. The van der Waals surface area contributed by atoms with Crippen LogP contribution in [0.4, 0.5) is 0 Å². The summed E-state index contributed by atoms with van der Waals surface area (Å²) in [5.74, 6) is 0. The SMILES string of the molecule is C(=NOC1CCNC1)c1cc2ccncc2[nH]1.Cl.Cl. The predicted molar refractivity (Wildman–Crippen MR) is 80.5 cm³/mol. The fourth-order valence-corrected chi connectivity index (χ4v) is 1.96. The van der Waals surface area contributed by atoms with Crippen molar-refractivity contribution in [1.82, 2.24) is 15.3 Å². The zero-order valence-electron chi connectivity index (χ0n) is 10.2. The first-order valence-electron chi connectivity index (χ1n) is 5.74. The molecule has 1 saturated heterocycles. The van der Waals surface area contributed by atoms with E-state index in [1.54, 1.807) is 18.6 Å². The van der Waals surface area contributed by atoms with E-state index < -0.39 is 0 Å². The third-order valence-electron chi connectivity index (χ3n) is 2.86. The van der Waals surface area contributed by atoms with E-state index in [4.69, 9.17) is 4.84 Å². The van der Waals surface area contributed by atoms with Crippen molar-refractivity contribution in [3.8, 4) is 0 Å². The van der Waals surface area contributed by atoms with E-state index in [1.807, 2.05) is 12.1 Å². The molecule has 2 aromatic rings. The lowest BCUT2D eigenvalue weighted by atomic mass is 10.3. The second kappa shape index (κ2) is 7.33. The molecule has 0 saturated carbocycles. The van der Waals surface area contributed by atoms with Crippen LogP contribution >= 0.6 is 24.8 Å².